The topological polar surface area (TPSA) is 30.7 Å². The lowest BCUT2D eigenvalue weighted by molar-refractivity contribution is 0.787. The third-order valence-corrected chi connectivity index (χ3v) is 4.25. The molecule has 2 rings (SSSR count). The second-order valence-electron chi connectivity index (χ2n) is 3.67. The number of aryl methyl sites for hydroxylation is 1. The fourth-order valence-electron chi connectivity index (χ4n) is 1.52. The monoisotopic (exact) mass is 455 g/mol. The molecular formula is C11H9Br3ClN3. The maximum atomic E-state index is 5.67. The summed E-state index contributed by atoms with van der Waals surface area (Å²) in [6, 6.07) is 3.94. The van der Waals surface area contributed by atoms with E-state index in [1.165, 1.54) is 0 Å². The van der Waals surface area contributed by atoms with E-state index in [1.807, 2.05) is 18.3 Å². The van der Waals surface area contributed by atoms with Gasteiger partial charge in [0.05, 0.1) is 17.6 Å². The molecule has 0 N–H and O–H groups in total. The van der Waals surface area contributed by atoms with E-state index in [2.05, 4.69) is 58.1 Å². The normalized spacial score (nSPS) is 10.9. The first-order chi connectivity index (χ1) is 8.61. The van der Waals surface area contributed by atoms with Crippen LogP contribution in [0.5, 0.6) is 0 Å². The highest BCUT2D eigenvalue weighted by Crippen LogP contribution is 2.32. The van der Waals surface area contributed by atoms with Crippen LogP contribution in [0.3, 0.4) is 0 Å². The molecular weight excluding hydrogens is 449 g/mol. The van der Waals surface area contributed by atoms with Crippen molar-refractivity contribution < 1.29 is 0 Å². The number of halogens is 4. The summed E-state index contributed by atoms with van der Waals surface area (Å²) in [6.07, 6.45) is 3.67. The lowest BCUT2D eigenvalue weighted by atomic mass is 10.3. The van der Waals surface area contributed by atoms with E-state index >= 15 is 0 Å². The average Bonchev–Trinajstić information content (AvgIpc) is 2.73. The van der Waals surface area contributed by atoms with Gasteiger partial charge in [-0.1, -0.05) is 21.1 Å². The highest BCUT2D eigenvalue weighted by atomic mass is 79.9. The Hall–Kier alpha value is 0.0900. The zero-order valence-electron chi connectivity index (χ0n) is 9.21. The molecule has 0 amide bonds. The second-order valence-corrected chi connectivity index (χ2v) is 6.67. The molecule has 0 aliphatic rings. The van der Waals surface area contributed by atoms with E-state index in [0.29, 0.717) is 5.88 Å². The summed E-state index contributed by atoms with van der Waals surface area (Å²) in [6.45, 7) is 0. The van der Waals surface area contributed by atoms with Crippen LogP contribution in [0.15, 0.2) is 31.7 Å². The van der Waals surface area contributed by atoms with Crippen molar-refractivity contribution in [1.29, 1.82) is 0 Å². The molecule has 18 heavy (non-hydrogen) atoms. The van der Waals surface area contributed by atoms with E-state index in [1.54, 1.807) is 4.68 Å². The first kappa shape index (κ1) is 14.5. The second kappa shape index (κ2) is 6.50. The van der Waals surface area contributed by atoms with Crippen LogP contribution < -0.4 is 0 Å². The Balaban J connectivity index is 2.34. The van der Waals surface area contributed by atoms with Crippen LogP contribution >= 0.6 is 59.4 Å². The van der Waals surface area contributed by atoms with Crippen molar-refractivity contribution in [3.8, 4) is 5.69 Å². The van der Waals surface area contributed by atoms with Gasteiger partial charge in [-0.15, -0.1) is 16.7 Å². The minimum absolute atomic E-state index is 0.637. The van der Waals surface area contributed by atoms with Crippen LogP contribution in [0.1, 0.15) is 12.1 Å². The molecule has 0 radical (unpaired) electrons. The molecule has 0 spiro atoms. The number of benzene rings is 1. The molecule has 3 nitrogen and oxygen atoms in total. The van der Waals surface area contributed by atoms with Gasteiger partial charge in [0.2, 0.25) is 0 Å². The number of hydrogen-bond acceptors (Lipinski definition) is 2. The van der Waals surface area contributed by atoms with Crippen molar-refractivity contribution >= 4 is 59.4 Å². The lowest BCUT2D eigenvalue weighted by Crippen LogP contribution is -1.97. The maximum Gasteiger partial charge on any atom is 0.0948 e. The van der Waals surface area contributed by atoms with Crippen LogP contribution in [0.25, 0.3) is 5.69 Å². The lowest BCUT2D eigenvalue weighted by Gasteiger charge is -2.07. The van der Waals surface area contributed by atoms with Crippen molar-refractivity contribution in [2.45, 2.75) is 12.8 Å². The smallest absolute Gasteiger partial charge is 0.0948 e. The molecule has 0 fully saturated rings. The molecule has 0 saturated heterocycles. The Morgan fingerprint density at radius 2 is 1.83 bits per heavy atom. The first-order valence-corrected chi connectivity index (χ1v) is 8.15. The quantitative estimate of drug-likeness (QED) is 0.621. The molecule has 0 bridgehead atoms. The third-order valence-electron chi connectivity index (χ3n) is 2.32. The summed E-state index contributed by atoms with van der Waals surface area (Å²) < 4.78 is 4.63. The summed E-state index contributed by atoms with van der Waals surface area (Å²) in [7, 11) is 0. The number of rotatable bonds is 4. The van der Waals surface area contributed by atoms with E-state index in [-0.39, 0.29) is 0 Å². The van der Waals surface area contributed by atoms with Gasteiger partial charge >= 0.3 is 0 Å². The summed E-state index contributed by atoms with van der Waals surface area (Å²) in [5.74, 6) is 0.637. The molecule has 0 unspecified atom stereocenters. The summed E-state index contributed by atoms with van der Waals surface area (Å²) in [5.41, 5.74) is 1.88. The number of alkyl halides is 1. The van der Waals surface area contributed by atoms with Gasteiger partial charge in [0.15, 0.2) is 0 Å². The van der Waals surface area contributed by atoms with Gasteiger partial charge in [-0.3, -0.25) is 0 Å². The fraction of sp³-hybridized carbons (Fsp3) is 0.273. The van der Waals surface area contributed by atoms with Crippen molar-refractivity contribution in [3.63, 3.8) is 0 Å². The largest absolute Gasteiger partial charge is 0.218 e. The highest BCUT2D eigenvalue weighted by molar-refractivity contribution is 9.11. The molecule has 2 aromatic rings. The average molecular weight is 458 g/mol. The van der Waals surface area contributed by atoms with Crippen molar-refractivity contribution in [1.82, 2.24) is 15.0 Å². The zero-order valence-corrected chi connectivity index (χ0v) is 14.7. The molecule has 1 aromatic carbocycles. The van der Waals surface area contributed by atoms with Crippen molar-refractivity contribution in [2.24, 2.45) is 0 Å². The predicted octanol–water partition coefficient (Wildman–Crippen LogP) is 4.73. The van der Waals surface area contributed by atoms with E-state index in [0.717, 1.165) is 37.6 Å². The standard InChI is InChI=1S/C11H9Br3ClN3/c12-7-4-9(13)11(10(14)5-7)18-6-8(16-17-18)2-1-3-15/h4-6H,1-3H2. The van der Waals surface area contributed by atoms with Gasteiger partial charge < -0.3 is 0 Å². The van der Waals surface area contributed by atoms with Crippen LogP contribution in [0.2, 0.25) is 0 Å². The molecule has 1 aromatic heterocycles. The Bertz CT molecular complexity index is 533. The fourth-order valence-corrected chi connectivity index (χ4v) is 4.28. The van der Waals surface area contributed by atoms with E-state index < -0.39 is 0 Å². The van der Waals surface area contributed by atoms with Gasteiger partial charge in [0.25, 0.3) is 0 Å². The Labute approximate surface area is 135 Å². The van der Waals surface area contributed by atoms with Gasteiger partial charge in [0, 0.05) is 19.3 Å². The van der Waals surface area contributed by atoms with E-state index in [9.17, 15) is 0 Å². The van der Waals surface area contributed by atoms with Crippen LogP contribution in [0.4, 0.5) is 0 Å². The zero-order chi connectivity index (χ0) is 13.1. The Kier molecular flexibility index (Phi) is 5.24. The minimum atomic E-state index is 0.637. The van der Waals surface area contributed by atoms with Crippen LogP contribution in [-0.4, -0.2) is 20.9 Å². The molecule has 0 aliphatic heterocycles. The van der Waals surface area contributed by atoms with Gasteiger partial charge in [0.1, 0.15) is 0 Å². The van der Waals surface area contributed by atoms with Gasteiger partial charge in [-0.05, 0) is 56.8 Å². The summed E-state index contributed by atoms with van der Waals surface area (Å²) in [5, 5.41) is 8.27. The molecule has 0 saturated carbocycles. The predicted molar refractivity (Wildman–Crippen MR) is 83.5 cm³/mol. The maximum absolute atomic E-state index is 5.67. The van der Waals surface area contributed by atoms with E-state index in [4.69, 9.17) is 11.6 Å². The molecule has 0 atom stereocenters. The van der Waals surface area contributed by atoms with Crippen molar-refractivity contribution in [3.05, 3.63) is 37.4 Å². The highest BCUT2D eigenvalue weighted by Gasteiger charge is 2.11. The van der Waals surface area contributed by atoms with Crippen LogP contribution in [-0.2, 0) is 6.42 Å². The van der Waals surface area contributed by atoms with Gasteiger partial charge in [-0.25, -0.2) is 4.68 Å². The third kappa shape index (κ3) is 3.35. The SMILES string of the molecule is ClCCCc1cn(-c2c(Br)cc(Br)cc2Br)nn1. The molecule has 0 aliphatic carbocycles. The number of aromatic nitrogens is 3. The van der Waals surface area contributed by atoms with Gasteiger partial charge in [-0.2, -0.15) is 0 Å². The number of hydrogen-bond donors (Lipinski definition) is 0. The summed E-state index contributed by atoms with van der Waals surface area (Å²) >= 11 is 16.2. The summed E-state index contributed by atoms with van der Waals surface area (Å²) in [4.78, 5) is 0. The molecule has 1 heterocycles. The van der Waals surface area contributed by atoms with Crippen molar-refractivity contribution in [2.75, 3.05) is 5.88 Å². The van der Waals surface area contributed by atoms with Crippen LogP contribution in [0, 0.1) is 0 Å². The number of nitrogens with zero attached hydrogens (tertiary/aromatic N) is 3. The Morgan fingerprint density at radius 1 is 1.17 bits per heavy atom. The Morgan fingerprint density at radius 3 is 2.44 bits per heavy atom. The molecule has 96 valence electrons. The first-order valence-electron chi connectivity index (χ1n) is 5.24. The minimum Gasteiger partial charge on any atom is -0.218 e. The molecule has 7 heteroatoms.